The second-order valence-electron chi connectivity index (χ2n) is 4.93. The number of hydrogen-bond donors (Lipinski definition) is 0. The van der Waals surface area contributed by atoms with Crippen LogP contribution in [0, 0.1) is 23.7 Å². The van der Waals surface area contributed by atoms with Crippen LogP contribution in [-0.4, -0.2) is 11.6 Å². The number of carbonyl (C=O) groups is 2. The molecule has 0 heterocycles. The SMILES string of the molecule is C=CCC1=CC2CC3C=CC(=O)C3C2C1=O. The summed E-state index contributed by atoms with van der Waals surface area (Å²) in [6.45, 7) is 3.66. The molecule has 1 saturated carbocycles. The minimum absolute atomic E-state index is 0.0592. The van der Waals surface area contributed by atoms with Gasteiger partial charge in [-0.2, -0.15) is 0 Å². The van der Waals surface area contributed by atoms with Gasteiger partial charge in [-0.25, -0.2) is 0 Å². The molecular weight excluding hydrogens is 200 g/mol. The number of ketones is 2. The summed E-state index contributed by atoms with van der Waals surface area (Å²) in [6.07, 6.45) is 9.09. The third kappa shape index (κ3) is 1.13. The highest BCUT2D eigenvalue weighted by Gasteiger charge is 2.52. The second-order valence-corrected chi connectivity index (χ2v) is 4.93. The lowest BCUT2D eigenvalue weighted by molar-refractivity contribution is -0.126. The molecule has 3 aliphatic carbocycles. The first-order valence-corrected chi connectivity index (χ1v) is 5.80. The highest BCUT2D eigenvalue weighted by Crippen LogP contribution is 2.51. The van der Waals surface area contributed by atoms with Crippen LogP contribution in [0.5, 0.6) is 0 Å². The van der Waals surface area contributed by atoms with Crippen LogP contribution in [0.2, 0.25) is 0 Å². The van der Waals surface area contributed by atoms with Crippen molar-refractivity contribution in [1.82, 2.24) is 0 Å². The Hall–Kier alpha value is -1.44. The van der Waals surface area contributed by atoms with Crippen LogP contribution in [0.25, 0.3) is 0 Å². The predicted octanol–water partition coefficient (Wildman–Crippen LogP) is 2.08. The summed E-state index contributed by atoms with van der Waals surface area (Å²) in [6, 6.07) is 0. The Morgan fingerprint density at radius 3 is 2.88 bits per heavy atom. The second kappa shape index (κ2) is 3.27. The summed E-state index contributed by atoms with van der Waals surface area (Å²) >= 11 is 0. The molecule has 82 valence electrons. The largest absolute Gasteiger partial charge is 0.295 e. The Morgan fingerprint density at radius 2 is 2.12 bits per heavy atom. The van der Waals surface area contributed by atoms with E-state index in [2.05, 4.69) is 12.7 Å². The molecule has 0 amide bonds. The Labute approximate surface area is 94.7 Å². The molecular formula is C14H14O2. The smallest absolute Gasteiger partial charge is 0.163 e. The monoisotopic (exact) mass is 214 g/mol. The van der Waals surface area contributed by atoms with Crippen LogP contribution in [0.4, 0.5) is 0 Å². The summed E-state index contributed by atoms with van der Waals surface area (Å²) in [4.78, 5) is 23.9. The first-order valence-electron chi connectivity index (χ1n) is 5.80. The molecule has 0 radical (unpaired) electrons. The van der Waals surface area contributed by atoms with Crippen molar-refractivity contribution in [2.75, 3.05) is 0 Å². The minimum Gasteiger partial charge on any atom is -0.295 e. The average Bonchev–Trinajstić information content (AvgIpc) is 2.84. The third-order valence-electron chi connectivity index (χ3n) is 4.09. The van der Waals surface area contributed by atoms with Crippen molar-refractivity contribution in [3.05, 3.63) is 36.5 Å². The van der Waals surface area contributed by atoms with Crippen LogP contribution in [0.15, 0.2) is 36.5 Å². The van der Waals surface area contributed by atoms with Crippen molar-refractivity contribution >= 4 is 11.6 Å². The quantitative estimate of drug-likeness (QED) is 0.659. The van der Waals surface area contributed by atoms with E-state index in [-0.39, 0.29) is 23.4 Å². The van der Waals surface area contributed by atoms with Gasteiger partial charge in [0.25, 0.3) is 0 Å². The van der Waals surface area contributed by atoms with E-state index in [4.69, 9.17) is 0 Å². The fraction of sp³-hybridized carbons (Fsp3) is 0.429. The molecule has 0 saturated heterocycles. The van der Waals surface area contributed by atoms with Gasteiger partial charge in [-0.15, -0.1) is 6.58 Å². The lowest BCUT2D eigenvalue weighted by Gasteiger charge is -2.14. The average molecular weight is 214 g/mol. The predicted molar refractivity (Wildman–Crippen MR) is 60.6 cm³/mol. The minimum atomic E-state index is -0.0672. The van der Waals surface area contributed by atoms with E-state index in [1.54, 1.807) is 12.2 Å². The molecule has 3 rings (SSSR count). The zero-order valence-electron chi connectivity index (χ0n) is 9.06. The van der Waals surface area contributed by atoms with E-state index >= 15 is 0 Å². The number of hydrogen-bond acceptors (Lipinski definition) is 2. The topological polar surface area (TPSA) is 34.1 Å². The number of fused-ring (bicyclic) bond motifs is 3. The van der Waals surface area contributed by atoms with E-state index in [1.807, 2.05) is 6.08 Å². The Bertz CT molecular complexity index is 442. The van der Waals surface area contributed by atoms with Crippen molar-refractivity contribution in [2.24, 2.45) is 23.7 Å². The van der Waals surface area contributed by atoms with Crippen LogP contribution in [-0.2, 0) is 9.59 Å². The van der Waals surface area contributed by atoms with Gasteiger partial charge in [-0.3, -0.25) is 9.59 Å². The van der Waals surface area contributed by atoms with Gasteiger partial charge in [0.2, 0.25) is 0 Å². The number of rotatable bonds is 2. The molecule has 16 heavy (non-hydrogen) atoms. The van der Waals surface area contributed by atoms with Crippen molar-refractivity contribution in [1.29, 1.82) is 0 Å². The highest BCUT2D eigenvalue weighted by atomic mass is 16.1. The van der Waals surface area contributed by atoms with E-state index < -0.39 is 0 Å². The lowest BCUT2D eigenvalue weighted by atomic mass is 9.86. The Kier molecular flexibility index (Phi) is 2.00. The molecule has 3 aliphatic rings. The molecule has 0 bridgehead atoms. The maximum atomic E-state index is 12.2. The van der Waals surface area contributed by atoms with Gasteiger partial charge in [0.05, 0.1) is 0 Å². The first kappa shape index (κ1) is 9.76. The van der Waals surface area contributed by atoms with Crippen molar-refractivity contribution < 1.29 is 9.59 Å². The van der Waals surface area contributed by atoms with Crippen LogP contribution in [0.1, 0.15) is 12.8 Å². The van der Waals surface area contributed by atoms with Gasteiger partial charge in [0.1, 0.15) is 0 Å². The van der Waals surface area contributed by atoms with Gasteiger partial charge in [0, 0.05) is 11.8 Å². The third-order valence-corrected chi connectivity index (χ3v) is 4.09. The Morgan fingerprint density at radius 1 is 1.31 bits per heavy atom. The molecule has 2 nitrogen and oxygen atoms in total. The molecule has 0 aromatic rings. The van der Waals surface area contributed by atoms with E-state index in [9.17, 15) is 9.59 Å². The lowest BCUT2D eigenvalue weighted by Crippen LogP contribution is -2.25. The Balaban J connectivity index is 1.91. The molecule has 4 atom stereocenters. The van der Waals surface area contributed by atoms with Crippen molar-refractivity contribution in [3.63, 3.8) is 0 Å². The highest BCUT2D eigenvalue weighted by molar-refractivity contribution is 6.06. The summed E-state index contributed by atoms with van der Waals surface area (Å²) in [5, 5.41) is 0. The number of allylic oxidation sites excluding steroid dienone is 5. The summed E-state index contributed by atoms with van der Waals surface area (Å²) in [7, 11) is 0. The fourth-order valence-electron chi connectivity index (χ4n) is 3.46. The summed E-state index contributed by atoms with van der Waals surface area (Å²) in [5.41, 5.74) is 0.864. The fourth-order valence-corrected chi connectivity index (χ4v) is 3.46. The molecule has 2 heteroatoms. The standard InChI is InChI=1S/C14H14O2/c1-2-3-9-7-10-6-8-4-5-11(15)12(8)13(10)14(9)16/h2,4-5,7-8,10,12-13H,1,3,6H2. The molecule has 0 aromatic carbocycles. The van der Waals surface area contributed by atoms with E-state index in [1.165, 1.54) is 0 Å². The van der Waals surface area contributed by atoms with Crippen LogP contribution < -0.4 is 0 Å². The molecule has 0 spiro atoms. The summed E-state index contributed by atoms with van der Waals surface area (Å²) in [5.74, 6) is 0.825. The maximum absolute atomic E-state index is 12.2. The van der Waals surface area contributed by atoms with Crippen LogP contribution >= 0.6 is 0 Å². The molecule has 0 aliphatic heterocycles. The van der Waals surface area contributed by atoms with Gasteiger partial charge < -0.3 is 0 Å². The zero-order valence-corrected chi connectivity index (χ0v) is 9.06. The molecule has 0 aromatic heterocycles. The summed E-state index contributed by atoms with van der Waals surface area (Å²) < 4.78 is 0. The van der Waals surface area contributed by atoms with Gasteiger partial charge >= 0.3 is 0 Å². The molecule has 1 fully saturated rings. The van der Waals surface area contributed by atoms with E-state index in [0.717, 1.165) is 12.0 Å². The maximum Gasteiger partial charge on any atom is 0.163 e. The number of carbonyl (C=O) groups excluding carboxylic acids is 2. The van der Waals surface area contributed by atoms with E-state index in [0.29, 0.717) is 18.3 Å². The normalized spacial score (nSPS) is 39.9. The van der Waals surface area contributed by atoms with Gasteiger partial charge in [0.15, 0.2) is 11.6 Å². The molecule has 0 N–H and O–H groups in total. The zero-order chi connectivity index (χ0) is 11.3. The van der Waals surface area contributed by atoms with Crippen LogP contribution in [0.3, 0.4) is 0 Å². The molecule has 4 unspecified atom stereocenters. The van der Waals surface area contributed by atoms with Crippen molar-refractivity contribution in [3.8, 4) is 0 Å². The van der Waals surface area contributed by atoms with Gasteiger partial charge in [-0.1, -0.05) is 18.2 Å². The first-order chi connectivity index (χ1) is 7.72. The number of Topliss-reactive ketones (excluding diaryl/α,β-unsaturated/α-hetero) is 1. The van der Waals surface area contributed by atoms with Crippen molar-refractivity contribution in [2.45, 2.75) is 12.8 Å². The van der Waals surface area contributed by atoms with Gasteiger partial charge in [-0.05, 0) is 36.3 Å².